The van der Waals surface area contributed by atoms with Crippen LogP contribution in [-0.4, -0.2) is 6.61 Å². The summed E-state index contributed by atoms with van der Waals surface area (Å²) in [5.41, 5.74) is -0.738. The molecule has 2 aromatic rings. The van der Waals surface area contributed by atoms with Gasteiger partial charge in [-0.3, -0.25) is 0 Å². The molecule has 0 fully saturated rings. The van der Waals surface area contributed by atoms with Gasteiger partial charge in [-0.1, -0.05) is 35.3 Å². The van der Waals surface area contributed by atoms with Crippen LogP contribution < -0.4 is 4.74 Å². The van der Waals surface area contributed by atoms with Crippen molar-refractivity contribution >= 4 is 23.2 Å². The smallest absolute Gasteiger partial charge is 0.416 e. The quantitative estimate of drug-likeness (QED) is 0.588. The number of benzene rings is 2. The minimum atomic E-state index is -4.67. The molecular formula is C14H7Cl2F5O. The van der Waals surface area contributed by atoms with Crippen LogP contribution in [0.1, 0.15) is 5.56 Å². The van der Waals surface area contributed by atoms with E-state index in [1.807, 2.05) is 0 Å². The van der Waals surface area contributed by atoms with Crippen molar-refractivity contribution in [1.82, 2.24) is 0 Å². The van der Waals surface area contributed by atoms with Crippen molar-refractivity contribution in [2.24, 2.45) is 0 Å². The lowest BCUT2D eigenvalue weighted by molar-refractivity contribution is -0.138. The standard InChI is InChI=1S/C14H7Cl2F5O/c15-10-4-1-7(5-11(10)16)9-3-2-8(14(19,20)21)6-12(9)22-13(17)18/h1-6,13H. The maximum absolute atomic E-state index is 12.7. The molecule has 2 aromatic carbocycles. The van der Waals surface area contributed by atoms with Gasteiger partial charge in [-0.05, 0) is 29.8 Å². The van der Waals surface area contributed by atoms with Crippen LogP contribution in [0.25, 0.3) is 11.1 Å². The van der Waals surface area contributed by atoms with Crippen molar-refractivity contribution in [2.75, 3.05) is 0 Å². The fraction of sp³-hybridized carbons (Fsp3) is 0.143. The molecule has 0 aliphatic heterocycles. The van der Waals surface area contributed by atoms with Gasteiger partial charge in [-0.15, -0.1) is 0 Å². The van der Waals surface area contributed by atoms with Crippen molar-refractivity contribution in [3.05, 3.63) is 52.0 Å². The van der Waals surface area contributed by atoms with E-state index in [2.05, 4.69) is 4.74 Å². The highest BCUT2D eigenvalue weighted by atomic mass is 35.5. The van der Waals surface area contributed by atoms with Crippen molar-refractivity contribution in [1.29, 1.82) is 0 Å². The molecule has 0 heterocycles. The lowest BCUT2D eigenvalue weighted by atomic mass is 10.0. The molecule has 0 bridgehead atoms. The van der Waals surface area contributed by atoms with Gasteiger partial charge in [0.25, 0.3) is 0 Å². The molecule has 1 nitrogen and oxygen atoms in total. The van der Waals surface area contributed by atoms with Gasteiger partial charge in [0.05, 0.1) is 15.6 Å². The van der Waals surface area contributed by atoms with Gasteiger partial charge in [0, 0.05) is 5.56 Å². The van der Waals surface area contributed by atoms with E-state index in [0.29, 0.717) is 11.6 Å². The Labute approximate surface area is 132 Å². The number of halogens is 7. The van der Waals surface area contributed by atoms with Crippen molar-refractivity contribution in [3.63, 3.8) is 0 Å². The molecule has 0 saturated carbocycles. The summed E-state index contributed by atoms with van der Waals surface area (Å²) in [6, 6.07) is 6.53. The van der Waals surface area contributed by atoms with Gasteiger partial charge in [0.15, 0.2) is 0 Å². The van der Waals surface area contributed by atoms with E-state index >= 15 is 0 Å². The normalized spacial score (nSPS) is 11.8. The molecule has 0 unspecified atom stereocenters. The molecule has 0 aliphatic rings. The minimum absolute atomic E-state index is 0.0480. The molecule has 0 aromatic heterocycles. The summed E-state index contributed by atoms with van der Waals surface area (Å²) in [6.45, 7) is -3.26. The summed E-state index contributed by atoms with van der Waals surface area (Å²) in [7, 11) is 0. The van der Waals surface area contributed by atoms with Crippen molar-refractivity contribution < 1.29 is 26.7 Å². The van der Waals surface area contributed by atoms with Crippen molar-refractivity contribution in [3.8, 4) is 16.9 Å². The highest BCUT2D eigenvalue weighted by molar-refractivity contribution is 6.42. The number of rotatable bonds is 3. The SMILES string of the molecule is FC(F)Oc1cc(C(F)(F)F)ccc1-c1ccc(Cl)c(Cl)c1. The van der Waals surface area contributed by atoms with Crippen LogP contribution >= 0.6 is 23.2 Å². The van der Waals surface area contributed by atoms with E-state index in [1.165, 1.54) is 18.2 Å². The third-order valence-corrected chi connectivity index (χ3v) is 3.49. The van der Waals surface area contributed by atoms with Gasteiger partial charge in [-0.2, -0.15) is 22.0 Å². The largest absolute Gasteiger partial charge is 0.434 e. The molecule has 0 atom stereocenters. The Balaban J connectivity index is 2.56. The fourth-order valence-corrected chi connectivity index (χ4v) is 2.09. The first kappa shape index (κ1) is 16.8. The van der Waals surface area contributed by atoms with Crippen molar-refractivity contribution in [2.45, 2.75) is 12.8 Å². The Kier molecular flexibility index (Phi) is 4.82. The van der Waals surface area contributed by atoms with Crippen LogP contribution in [-0.2, 0) is 6.18 Å². The zero-order chi connectivity index (χ0) is 16.5. The second kappa shape index (κ2) is 6.30. The van der Waals surface area contributed by atoms with E-state index in [4.69, 9.17) is 23.2 Å². The lowest BCUT2D eigenvalue weighted by Crippen LogP contribution is -2.08. The topological polar surface area (TPSA) is 9.23 Å². The minimum Gasteiger partial charge on any atom is -0.434 e. The number of hydrogen-bond acceptors (Lipinski definition) is 1. The summed E-state index contributed by atoms with van der Waals surface area (Å²) in [5, 5.41) is 0.371. The van der Waals surface area contributed by atoms with Gasteiger partial charge in [0.2, 0.25) is 0 Å². The Morgan fingerprint density at radius 3 is 2.14 bits per heavy atom. The lowest BCUT2D eigenvalue weighted by Gasteiger charge is -2.14. The molecule has 0 N–H and O–H groups in total. The summed E-state index contributed by atoms with van der Waals surface area (Å²) < 4.78 is 67.1. The van der Waals surface area contributed by atoms with Gasteiger partial charge >= 0.3 is 12.8 Å². The molecule has 0 saturated heterocycles. The van der Waals surface area contributed by atoms with Gasteiger partial charge < -0.3 is 4.74 Å². The fourth-order valence-electron chi connectivity index (χ4n) is 1.79. The summed E-state index contributed by atoms with van der Waals surface area (Å²) in [6.07, 6.45) is -4.67. The number of hydrogen-bond donors (Lipinski definition) is 0. The van der Waals surface area contributed by atoms with Crippen LogP contribution in [0.2, 0.25) is 10.0 Å². The van der Waals surface area contributed by atoms with E-state index in [9.17, 15) is 22.0 Å². The number of ether oxygens (including phenoxy) is 1. The first-order valence-corrected chi connectivity index (χ1v) is 6.55. The highest BCUT2D eigenvalue weighted by Gasteiger charge is 2.31. The third kappa shape index (κ3) is 3.81. The Bertz CT molecular complexity index is 685. The van der Waals surface area contributed by atoms with Crippen LogP contribution in [0.3, 0.4) is 0 Å². The molecule has 118 valence electrons. The maximum Gasteiger partial charge on any atom is 0.416 e. The van der Waals surface area contributed by atoms with E-state index in [0.717, 1.165) is 12.1 Å². The third-order valence-electron chi connectivity index (χ3n) is 2.76. The zero-order valence-corrected chi connectivity index (χ0v) is 12.1. The Morgan fingerprint density at radius 2 is 1.59 bits per heavy atom. The summed E-state index contributed by atoms with van der Waals surface area (Å²) >= 11 is 11.6. The predicted octanol–water partition coefficient (Wildman–Crippen LogP) is 6.28. The van der Waals surface area contributed by atoms with Gasteiger partial charge in [0.1, 0.15) is 5.75 Å². The highest BCUT2D eigenvalue weighted by Crippen LogP contribution is 2.39. The van der Waals surface area contributed by atoms with Crippen LogP contribution in [0, 0.1) is 0 Å². The molecule has 8 heteroatoms. The average Bonchev–Trinajstić information content (AvgIpc) is 2.40. The average molecular weight is 357 g/mol. The van der Waals surface area contributed by atoms with Crippen LogP contribution in [0.15, 0.2) is 36.4 Å². The molecular weight excluding hydrogens is 350 g/mol. The predicted molar refractivity (Wildman–Crippen MR) is 73.5 cm³/mol. The molecule has 22 heavy (non-hydrogen) atoms. The molecule has 0 spiro atoms. The van der Waals surface area contributed by atoms with Crippen LogP contribution in [0.5, 0.6) is 5.75 Å². The summed E-state index contributed by atoms with van der Waals surface area (Å²) in [4.78, 5) is 0. The molecule has 0 amide bonds. The molecule has 0 radical (unpaired) electrons. The van der Waals surface area contributed by atoms with Crippen LogP contribution in [0.4, 0.5) is 22.0 Å². The van der Waals surface area contributed by atoms with E-state index in [-0.39, 0.29) is 15.6 Å². The Morgan fingerprint density at radius 1 is 0.909 bits per heavy atom. The monoisotopic (exact) mass is 356 g/mol. The first-order valence-electron chi connectivity index (χ1n) is 5.80. The van der Waals surface area contributed by atoms with E-state index in [1.54, 1.807) is 0 Å². The molecule has 0 aliphatic carbocycles. The number of alkyl halides is 5. The summed E-state index contributed by atoms with van der Waals surface area (Å²) in [5.74, 6) is -0.594. The zero-order valence-electron chi connectivity index (χ0n) is 10.6. The first-order chi connectivity index (χ1) is 10.2. The van der Waals surface area contributed by atoms with Gasteiger partial charge in [-0.25, -0.2) is 0 Å². The molecule has 2 rings (SSSR count). The second-order valence-corrected chi connectivity index (χ2v) is 5.03. The Hall–Kier alpha value is -1.53. The second-order valence-electron chi connectivity index (χ2n) is 4.22. The maximum atomic E-state index is 12.7. The van der Waals surface area contributed by atoms with E-state index < -0.39 is 24.1 Å².